The molecule has 2 bridgehead atoms. The number of hydrogen-bond donors (Lipinski definition) is 1. The average Bonchev–Trinajstić information content (AvgIpc) is 3.30. The molecule has 1 saturated carbocycles. The number of aliphatic hydroxyl groups is 1. The number of benzene rings is 2. The largest absolute Gasteiger partial charge is 0.373 e. The van der Waals surface area contributed by atoms with E-state index >= 15 is 0 Å². The summed E-state index contributed by atoms with van der Waals surface area (Å²) in [5.74, 6) is 0.739. The zero-order valence-electron chi connectivity index (χ0n) is 13.2. The molecule has 5 unspecified atom stereocenters. The molecule has 3 nitrogen and oxygen atoms in total. The molecule has 1 heterocycles. The van der Waals surface area contributed by atoms with Crippen molar-refractivity contribution in [3.8, 4) is 11.1 Å². The zero-order valence-corrected chi connectivity index (χ0v) is 13.2. The van der Waals surface area contributed by atoms with Gasteiger partial charge < -0.3 is 5.11 Å². The van der Waals surface area contributed by atoms with Crippen LogP contribution in [0.5, 0.6) is 0 Å². The number of rotatable bonds is 2. The summed E-state index contributed by atoms with van der Waals surface area (Å²) in [4.78, 5) is 14.6. The molecule has 2 fully saturated rings. The van der Waals surface area contributed by atoms with Crippen LogP contribution in [0.1, 0.15) is 6.42 Å². The van der Waals surface area contributed by atoms with Gasteiger partial charge in [-0.25, -0.2) is 0 Å². The fraction of sp³-hybridized carbons (Fsp3) is 0.286. The molecule has 24 heavy (non-hydrogen) atoms. The molecule has 1 amide bonds. The van der Waals surface area contributed by atoms with Gasteiger partial charge in [-0.15, -0.1) is 0 Å². The van der Waals surface area contributed by atoms with Crippen LogP contribution in [0.3, 0.4) is 0 Å². The highest BCUT2D eigenvalue weighted by Crippen LogP contribution is 2.54. The summed E-state index contributed by atoms with van der Waals surface area (Å²) in [7, 11) is 0. The lowest BCUT2D eigenvalue weighted by atomic mass is 9.85. The Morgan fingerprint density at radius 2 is 1.67 bits per heavy atom. The summed E-state index contributed by atoms with van der Waals surface area (Å²) in [5, 5.41) is 10.8. The standard InChI is InChI=1S/C21H19NO2/c23-20-18-15-9-10-16(11-15)19(18)21(24)22(20)17-8-4-7-14(12-17)13-5-2-1-3-6-13/h1-10,12,15-16,18-20,23H,11H2. The van der Waals surface area contributed by atoms with E-state index in [-0.39, 0.29) is 17.7 Å². The third kappa shape index (κ3) is 1.85. The Hall–Kier alpha value is -2.39. The van der Waals surface area contributed by atoms with Gasteiger partial charge in [-0.1, -0.05) is 54.6 Å². The van der Waals surface area contributed by atoms with Crippen molar-refractivity contribution >= 4 is 11.6 Å². The maximum atomic E-state index is 13.0. The molecule has 5 rings (SSSR count). The monoisotopic (exact) mass is 317 g/mol. The van der Waals surface area contributed by atoms with Crippen LogP contribution in [0.4, 0.5) is 5.69 Å². The van der Waals surface area contributed by atoms with E-state index in [1.54, 1.807) is 4.90 Å². The van der Waals surface area contributed by atoms with Crippen LogP contribution in [-0.4, -0.2) is 17.2 Å². The normalized spacial score (nSPS) is 33.3. The molecular weight excluding hydrogens is 298 g/mol. The molecule has 0 spiro atoms. The highest BCUT2D eigenvalue weighted by Gasteiger charge is 2.59. The Balaban J connectivity index is 1.53. The zero-order chi connectivity index (χ0) is 16.3. The van der Waals surface area contributed by atoms with Gasteiger partial charge in [-0.05, 0) is 41.5 Å². The minimum atomic E-state index is -0.714. The first-order valence-electron chi connectivity index (χ1n) is 8.59. The summed E-state index contributed by atoms with van der Waals surface area (Å²) in [6.07, 6.45) is 4.66. The van der Waals surface area contributed by atoms with Crippen LogP contribution in [0.15, 0.2) is 66.7 Å². The molecule has 1 N–H and O–H groups in total. The van der Waals surface area contributed by atoms with Crippen LogP contribution in [0.2, 0.25) is 0 Å². The molecule has 3 heteroatoms. The minimum absolute atomic E-state index is 0.0459. The molecule has 0 radical (unpaired) electrons. The Morgan fingerprint density at radius 1 is 0.917 bits per heavy atom. The van der Waals surface area contributed by atoms with E-state index in [4.69, 9.17) is 0 Å². The Labute approximate surface area is 141 Å². The third-order valence-corrected chi connectivity index (χ3v) is 5.88. The molecule has 2 aromatic carbocycles. The fourth-order valence-corrected chi connectivity index (χ4v) is 4.82. The lowest BCUT2D eigenvalue weighted by molar-refractivity contribution is -0.121. The Kier molecular flexibility index (Phi) is 2.95. The SMILES string of the molecule is O=C1C2C3C=CC(C3)C2C(O)N1c1cccc(-c2ccccc2)c1. The summed E-state index contributed by atoms with van der Waals surface area (Å²) in [6, 6.07) is 18.0. The van der Waals surface area contributed by atoms with Crippen molar-refractivity contribution in [2.75, 3.05) is 4.90 Å². The van der Waals surface area contributed by atoms with E-state index in [1.165, 1.54) is 0 Å². The van der Waals surface area contributed by atoms with E-state index in [1.807, 2.05) is 42.5 Å². The van der Waals surface area contributed by atoms with Crippen molar-refractivity contribution in [1.29, 1.82) is 0 Å². The highest BCUT2D eigenvalue weighted by atomic mass is 16.3. The van der Waals surface area contributed by atoms with Gasteiger partial charge in [-0.2, -0.15) is 0 Å². The number of carbonyl (C=O) groups excluding carboxylic acids is 1. The van der Waals surface area contributed by atoms with Crippen LogP contribution in [-0.2, 0) is 4.79 Å². The molecule has 2 aromatic rings. The number of aliphatic hydroxyl groups excluding tert-OH is 1. The first-order valence-corrected chi connectivity index (χ1v) is 8.59. The fourth-order valence-electron chi connectivity index (χ4n) is 4.82. The number of nitrogens with zero attached hydrogens (tertiary/aromatic N) is 1. The summed E-state index contributed by atoms with van der Waals surface area (Å²) >= 11 is 0. The van der Waals surface area contributed by atoms with Gasteiger partial charge >= 0.3 is 0 Å². The van der Waals surface area contributed by atoms with Gasteiger partial charge in [-0.3, -0.25) is 9.69 Å². The highest BCUT2D eigenvalue weighted by molar-refractivity contribution is 5.99. The quantitative estimate of drug-likeness (QED) is 0.862. The van der Waals surface area contributed by atoms with Crippen molar-refractivity contribution in [2.24, 2.45) is 23.7 Å². The molecule has 1 aliphatic heterocycles. The number of fused-ring (bicyclic) bond motifs is 5. The van der Waals surface area contributed by atoms with Gasteiger partial charge in [0.15, 0.2) is 0 Å². The van der Waals surface area contributed by atoms with Crippen LogP contribution < -0.4 is 4.90 Å². The molecule has 2 aliphatic carbocycles. The second-order valence-electron chi connectivity index (χ2n) is 7.09. The van der Waals surface area contributed by atoms with Crippen molar-refractivity contribution in [3.63, 3.8) is 0 Å². The van der Waals surface area contributed by atoms with Crippen molar-refractivity contribution in [3.05, 3.63) is 66.7 Å². The van der Waals surface area contributed by atoms with E-state index < -0.39 is 6.23 Å². The maximum absolute atomic E-state index is 13.0. The number of amides is 1. The summed E-state index contributed by atoms with van der Waals surface area (Å²) in [6.45, 7) is 0. The average molecular weight is 317 g/mol. The van der Waals surface area contributed by atoms with Gasteiger partial charge in [0.05, 0.1) is 5.92 Å². The number of anilines is 1. The Morgan fingerprint density at radius 3 is 2.46 bits per heavy atom. The molecule has 1 saturated heterocycles. The van der Waals surface area contributed by atoms with Crippen LogP contribution in [0.25, 0.3) is 11.1 Å². The second-order valence-corrected chi connectivity index (χ2v) is 7.09. The Bertz CT molecular complexity index is 829. The number of hydrogen-bond acceptors (Lipinski definition) is 2. The molecular formula is C21H19NO2. The second kappa shape index (κ2) is 5.05. The van der Waals surface area contributed by atoms with Crippen molar-refractivity contribution in [1.82, 2.24) is 0 Å². The van der Waals surface area contributed by atoms with Gasteiger partial charge in [0.25, 0.3) is 0 Å². The molecule has 0 aromatic heterocycles. The number of allylic oxidation sites excluding steroid dienone is 2. The van der Waals surface area contributed by atoms with E-state index in [9.17, 15) is 9.90 Å². The van der Waals surface area contributed by atoms with Gasteiger partial charge in [0, 0.05) is 11.6 Å². The predicted molar refractivity (Wildman–Crippen MR) is 93.1 cm³/mol. The minimum Gasteiger partial charge on any atom is -0.373 e. The van der Waals surface area contributed by atoms with E-state index in [0.717, 1.165) is 23.2 Å². The molecule has 3 aliphatic rings. The number of carbonyl (C=O) groups is 1. The topological polar surface area (TPSA) is 40.5 Å². The smallest absolute Gasteiger partial charge is 0.233 e. The first kappa shape index (κ1) is 14.0. The van der Waals surface area contributed by atoms with E-state index in [0.29, 0.717) is 11.8 Å². The molecule has 120 valence electrons. The van der Waals surface area contributed by atoms with Crippen LogP contribution in [0, 0.1) is 23.7 Å². The lowest BCUT2D eigenvalue weighted by Crippen LogP contribution is -2.36. The third-order valence-electron chi connectivity index (χ3n) is 5.88. The van der Waals surface area contributed by atoms with Gasteiger partial charge in [0.2, 0.25) is 5.91 Å². The summed E-state index contributed by atoms with van der Waals surface area (Å²) in [5.41, 5.74) is 2.97. The van der Waals surface area contributed by atoms with Crippen molar-refractivity contribution < 1.29 is 9.90 Å². The first-order chi connectivity index (χ1) is 11.7. The van der Waals surface area contributed by atoms with Gasteiger partial charge in [0.1, 0.15) is 6.23 Å². The molecule has 5 atom stereocenters. The van der Waals surface area contributed by atoms with Crippen LogP contribution >= 0.6 is 0 Å². The van der Waals surface area contributed by atoms with E-state index in [2.05, 4.69) is 24.3 Å². The predicted octanol–water partition coefficient (Wildman–Crippen LogP) is 3.46. The maximum Gasteiger partial charge on any atom is 0.233 e. The summed E-state index contributed by atoms with van der Waals surface area (Å²) < 4.78 is 0. The lowest BCUT2D eigenvalue weighted by Gasteiger charge is -2.25. The van der Waals surface area contributed by atoms with Crippen molar-refractivity contribution in [2.45, 2.75) is 12.6 Å².